The molecule has 0 spiro atoms. The van der Waals surface area contributed by atoms with Crippen LogP contribution in [0.25, 0.3) is 11.1 Å². The summed E-state index contributed by atoms with van der Waals surface area (Å²) in [5.41, 5.74) is 4.68. The fourth-order valence-electron chi connectivity index (χ4n) is 3.57. The van der Waals surface area contributed by atoms with E-state index in [0.717, 1.165) is 11.1 Å². The van der Waals surface area contributed by atoms with Gasteiger partial charge in [-0.3, -0.25) is 10.1 Å². The standard InChI is InChI=1S/C19H18N2O4/c22-19(20-10-12-9-18(12)21(23)24)25-11-17-15-7-3-1-5-13(15)14-6-2-4-8-16(14)17/h1-8,12,17-18H,9-11H2,(H,20,22)/t12-,18+/m0/s1. The van der Waals surface area contributed by atoms with Gasteiger partial charge in [-0.05, 0) is 22.3 Å². The number of nitrogens with one attached hydrogen (secondary N) is 1. The Labute approximate surface area is 145 Å². The lowest BCUT2D eigenvalue weighted by molar-refractivity contribution is -0.498. The smallest absolute Gasteiger partial charge is 0.407 e. The number of alkyl carbamates (subject to hydrolysis) is 1. The molecule has 2 aromatic carbocycles. The summed E-state index contributed by atoms with van der Waals surface area (Å²) in [6, 6.07) is 15.8. The van der Waals surface area contributed by atoms with Gasteiger partial charge in [0, 0.05) is 23.8 Å². The van der Waals surface area contributed by atoms with Crippen molar-refractivity contribution in [2.45, 2.75) is 18.4 Å². The zero-order valence-electron chi connectivity index (χ0n) is 13.6. The lowest BCUT2D eigenvalue weighted by Crippen LogP contribution is -2.29. The molecule has 6 nitrogen and oxygen atoms in total. The number of carbonyl (C=O) groups is 1. The van der Waals surface area contributed by atoms with Gasteiger partial charge in [0.15, 0.2) is 0 Å². The second kappa shape index (κ2) is 6.20. The summed E-state index contributed by atoms with van der Waals surface area (Å²) in [7, 11) is 0. The minimum absolute atomic E-state index is 0.0191. The summed E-state index contributed by atoms with van der Waals surface area (Å²) in [4.78, 5) is 22.3. The van der Waals surface area contributed by atoms with Gasteiger partial charge in [0.05, 0.1) is 5.92 Å². The fraction of sp³-hybridized carbons (Fsp3) is 0.316. The number of nitrogens with zero attached hydrogens (tertiary/aromatic N) is 1. The molecule has 1 amide bonds. The third-order valence-electron chi connectivity index (χ3n) is 5.01. The average Bonchev–Trinajstić information content (AvgIpc) is 3.34. The Morgan fingerprint density at radius 2 is 1.72 bits per heavy atom. The van der Waals surface area contributed by atoms with E-state index in [9.17, 15) is 14.9 Å². The first kappa shape index (κ1) is 15.6. The molecular formula is C19H18N2O4. The molecule has 0 unspecified atom stereocenters. The Kier molecular flexibility index (Phi) is 3.87. The summed E-state index contributed by atoms with van der Waals surface area (Å²) in [6.07, 6.45) is 0.00674. The highest BCUT2D eigenvalue weighted by Crippen LogP contribution is 2.44. The largest absolute Gasteiger partial charge is 0.449 e. The molecule has 4 rings (SSSR count). The van der Waals surface area contributed by atoms with Gasteiger partial charge in [0.2, 0.25) is 6.04 Å². The fourth-order valence-corrected chi connectivity index (χ4v) is 3.57. The average molecular weight is 338 g/mol. The van der Waals surface area contributed by atoms with Crippen LogP contribution in [-0.2, 0) is 4.74 Å². The lowest BCUT2D eigenvalue weighted by atomic mass is 9.98. The van der Waals surface area contributed by atoms with E-state index < -0.39 is 12.1 Å². The topological polar surface area (TPSA) is 81.5 Å². The minimum Gasteiger partial charge on any atom is -0.449 e. The quantitative estimate of drug-likeness (QED) is 0.670. The number of ether oxygens (including phenoxy) is 1. The molecule has 1 saturated carbocycles. The molecular weight excluding hydrogens is 320 g/mol. The van der Waals surface area contributed by atoms with Gasteiger partial charge in [0.25, 0.3) is 0 Å². The number of hydrogen-bond acceptors (Lipinski definition) is 4. The van der Waals surface area contributed by atoms with E-state index in [-0.39, 0.29) is 23.4 Å². The second-order valence-corrected chi connectivity index (χ2v) is 6.55. The van der Waals surface area contributed by atoms with Crippen LogP contribution in [0, 0.1) is 16.0 Å². The molecule has 1 N–H and O–H groups in total. The molecule has 2 atom stereocenters. The van der Waals surface area contributed by atoms with Crippen molar-refractivity contribution >= 4 is 6.09 Å². The highest BCUT2D eigenvalue weighted by Gasteiger charge is 2.48. The van der Waals surface area contributed by atoms with Gasteiger partial charge in [-0.15, -0.1) is 0 Å². The van der Waals surface area contributed by atoms with E-state index in [1.54, 1.807) is 0 Å². The van der Waals surface area contributed by atoms with Crippen molar-refractivity contribution in [1.82, 2.24) is 5.32 Å². The summed E-state index contributed by atoms with van der Waals surface area (Å²) >= 11 is 0. The van der Waals surface area contributed by atoms with Crippen LogP contribution in [0.4, 0.5) is 4.79 Å². The van der Waals surface area contributed by atoms with Crippen LogP contribution in [0.5, 0.6) is 0 Å². The Balaban J connectivity index is 1.38. The number of hydrogen-bond donors (Lipinski definition) is 1. The second-order valence-electron chi connectivity index (χ2n) is 6.55. The molecule has 0 saturated heterocycles. The summed E-state index contributed by atoms with van der Waals surface area (Å²) in [5, 5.41) is 13.2. The number of nitro groups is 1. The SMILES string of the molecule is O=C(NC[C@@H]1C[C@H]1[N+](=O)[O-])OCC1c2ccccc2-c2ccccc21. The minimum atomic E-state index is -0.520. The molecule has 0 aromatic heterocycles. The Bertz CT molecular complexity index is 790. The molecule has 0 heterocycles. The number of carbonyl (C=O) groups excluding carboxylic acids is 1. The van der Waals surface area contributed by atoms with Crippen molar-refractivity contribution < 1.29 is 14.5 Å². The van der Waals surface area contributed by atoms with Crippen molar-refractivity contribution in [1.29, 1.82) is 0 Å². The van der Waals surface area contributed by atoms with Crippen LogP contribution in [0.15, 0.2) is 48.5 Å². The van der Waals surface area contributed by atoms with Crippen LogP contribution in [0.3, 0.4) is 0 Å². The summed E-state index contributed by atoms with van der Waals surface area (Å²) < 4.78 is 5.39. The maximum absolute atomic E-state index is 11.9. The highest BCUT2D eigenvalue weighted by atomic mass is 16.6. The van der Waals surface area contributed by atoms with Crippen molar-refractivity contribution in [3.8, 4) is 11.1 Å². The van der Waals surface area contributed by atoms with E-state index >= 15 is 0 Å². The van der Waals surface area contributed by atoms with Gasteiger partial charge in [-0.25, -0.2) is 4.79 Å². The third kappa shape index (κ3) is 2.95. The Hall–Kier alpha value is -2.89. The van der Waals surface area contributed by atoms with E-state index in [4.69, 9.17) is 4.74 Å². The maximum atomic E-state index is 11.9. The van der Waals surface area contributed by atoms with Crippen LogP contribution < -0.4 is 5.32 Å². The summed E-state index contributed by atoms with van der Waals surface area (Å²) in [5.74, 6) is -0.0546. The highest BCUT2D eigenvalue weighted by molar-refractivity contribution is 5.79. The monoisotopic (exact) mass is 338 g/mol. The molecule has 128 valence electrons. The molecule has 0 bridgehead atoms. The maximum Gasteiger partial charge on any atom is 0.407 e. The first-order valence-electron chi connectivity index (χ1n) is 8.37. The van der Waals surface area contributed by atoms with Crippen molar-refractivity contribution in [2.75, 3.05) is 13.2 Å². The molecule has 2 aromatic rings. The van der Waals surface area contributed by atoms with Crippen LogP contribution >= 0.6 is 0 Å². The number of amides is 1. The van der Waals surface area contributed by atoms with Crippen LogP contribution in [0.1, 0.15) is 23.5 Å². The predicted octanol–water partition coefficient (Wildman–Crippen LogP) is 3.19. The van der Waals surface area contributed by atoms with Crippen molar-refractivity contribution in [2.24, 2.45) is 5.92 Å². The molecule has 6 heteroatoms. The molecule has 2 aliphatic carbocycles. The zero-order chi connectivity index (χ0) is 17.4. The van der Waals surface area contributed by atoms with Gasteiger partial charge in [0.1, 0.15) is 6.61 Å². The molecule has 1 fully saturated rings. The van der Waals surface area contributed by atoms with E-state index in [2.05, 4.69) is 29.6 Å². The van der Waals surface area contributed by atoms with Gasteiger partial charge in [-0.2, -0.15) is 0 Å². The van der Waals surface area contributed by atoms with E-state index in [1.807, 2.05) is 24.3 Å². The summed E-state index contributed by atoms with van der Waals surface area (Å²) in [6.45, 7) is 0.547. The van der Waals surface area contributed by atoms with Gasteiger partial charge in [-0.1, -0.05) is 48.5 Å². The lowest BCUT2D eigenvalue weighted by Gasteiger charge is -2.14. The number of fused-ring (bicyclic) bond motifs is 3. The Morgan fingerprint density at radius 3 is 2.28 bits per heavy atom. The molecule has 2 aliphatic rings. The molecule has 0 radical (unpaired) electrons. The first-order valence-corrected chi connectivity index (χ1v) is 8.37. The Morgan fingerprint density at radius 1 is 1.12 bits per heavy atom. The van der Waals surface area contributed by atoms with Crippen molar-refractivity contribution in [3.63, 3.8) is 0 Å². The van der Waals surface area contributed by atoms with E-state index in [0.29, 0.717) is 13.0 Å². The molecule has 0 aliphatic heterocycles. The number of benzene rings is 2. The van der Waals surface area contributed by atoms with Crippen molar-refractivity contribution in [3.05, 3.63) is 69.8 Å². The van der Waals surface area contributed by atoms with E-state index in [1.165, 1.54) is 11.1 Å². The van der Waals surface area contributed by atoms with Crippen LogP contribution in [-0.4, -0.2) is 30.2 Å². The van der Waals surface area contributed by atoms with Gasteiger partial charge < -0.3 is 10.1 Å². The normalized spacial score (nSPS) is 20.5. The van der Waals surface area contributed by atoms with Gasteiger partial charge >= 0.3 is 6.09 Å². The predicted molar refractivity (Wildman–Crippen MR) is 92.0 cm³/mol. The van der Waals surface area contributed by atoms with Crippen LogP contribution in [0.2, 0.25) is 0 Å². The molecule has 25 heavy (non-hydrogen) atoms. The third-order valence-corrected chi connectivity index (χ3v) is 5.01. The number of rotatable bonds is 5. The first-order chi connectivity index (χ1) is 12.1. The zero-order valence-corrected chi connectivity index (χ0v) is 13.6.